The zero-order chi connectivity index (χ0) is 19.3. The van der Waals surface area contributed by atoms with Crippen LogP contribution in [0.25, 0.3) is 11.5 Å². The summed E-state index contributed by atoms with van der Waals surface area (Å²) in [7, 11) is 0. The van der Waals surface area contributed by atoms with E-state index >= 15 is 0 Å². The molecule has 0 atom stereocenters. The first-order valence-corrected chi connectivity index (χ1v) is 9.98. The highest BCUT2D eigenvalue weighted by Gasteiger charge is 2.20. The zero-order valence-electron chi connectivity index (χ0n) is 16.7. The van der Waals surface area contributed by atoms with Crippen molar-refractivity contribution < 1.29 is 0 Å². The number of aromatic nitrogens is 3. The molecule has 2 aromatic heterocycles. The highest BCUT2D eigenvalue weighted by molar-refractivity contribution is 5.57. The topological polar surface area (TPSA) is 45.2 Å². The van der Waals surface area contributed by atoms with E-state index in [2.05, 4.69) is 63.9 Å². The summed E-state index contributed by atoms with van der Waals surface area (Å²) in [5, 5.41) is 0. The molecule has 144 valence electrons. The van der Waals surface area contributed by atoms with Gasteiger partial charge in [0.15, 0.2) is 5.82 Å². The van der Waals surface area contributed by atoms with Crippen molar-refractivity contribution in [1.29, 1.82) is 0 Å². The first-order valence-electron chi connectivity index (χ1n) is 9.98. The van der Waals surface area contributed by atoms with Gasteiger partial charge in [0.05, 0.1) is 0 Å². The second kappa shape index (κ2) is 8.48. The fraction of sp³-hybridized carbons (Fsp3) is 0.348. The number of benzene rings is 1. The Bertz CT molecular complexity index is 911. The lowest BCUT2D eigenvalue weighted by atomic mass is 10.2. The molecule has 0 saturated carbocycles. The van der Waals surface area contributed by atoms with Crippen molar-refractivity contribution in [3.8, 4) is 11.5 Å². The lowest BCUT2D eigenvalue weighted by Gasteiger charge is -2.25. The summed E-state index contributed by atoms with van der Waals surface area (Å²) in [6.07, 6.45) is 2.93. The van der Waals surface area contributed by atoms with Gasteiger partial charge in [-0.3, -0.25) is 9.88 Å². The van der Waals surface area contributed by atoms with E-state index in [4.69, 9.17) is 4.98 Å². The highest BCUT2D eigenvalue weighted by Crippen LogP contribution is 2.24. The maximum absolute atomic E-state index is 4.91. The predicted molar refractivity (Wildman–Crippen MR) is 113 cm³/mol. The molecule has 0 radical (unpaired) electrons. The maximum atomic E-state index is 4.91. The SMILES string of the molecule is Cc1nc(-c2ccccn2)nc(N2CCCN(Cc3ccccc3)CC2)c1C. The van der Waals surface area contributed by atoms with E-state index in [-0.39, 0.29) is 0 Å². The third kappa shape index (κ3) is 4.20. The molecule has 3 heterocycles. The Morgan fingerprint density at radius 1 is 0.857 bits per heavy atom. The van der Waals surface area contributed by atoms with Crippen LogP contribution >= 0.6 is 0 Å². The Morgan fingerprint density at radius 2 is 1.68 bits per heavy atom. The number of pyridine rings is 1. The molecular formula is C23H27N5. The van der Waals surface area contributed by atoms with Crippen LogP contribution in [-0.2, 0) is 6.54 Å². The molecule has 28 heavy (non-hydrogen) atoms. The average molecular weight is 374 g/mol. The van der Waals surface area contributed by atoms with Gasteiger partial charge in [-0.05, 0) is 38.0 Å². The predicted octanol–water partition coefficient (Wildman–Crippen LogP) is 3.87. The quantitative estimate of drug-likeness (QED) is 0.695. The molecule has 5 heteroatoms. The van der Waals surface area contributed by atoms with Gasteiger partial charge in [-0.25, -0.2) is 9.97 Å². The first-order chi connectivity index (χ1) is 13.7. The number of hydrogen-bond acceptors (Lipinski definition) is 5. The molecule has 0 amide bonds. The van der Waals surface area contributed by atoms with Crippen molar-refractivity contribution in [2.24, 2.45) is 0 Å². The van der Waals surface area contributed by atoms with Crippen LogP contribution in [0.1, 0.15) is 23.2 Å². The summed E-state index contributed by atoms with van der Waals surface area (Å²) in [4.78, 5) is 19.0. The number of nitrogens with zero attached hydrogens (tertiary/aromatic N) is 5. The Hall–Kier alpha value is -2.79. The Morgan fingerprint density at radius 3 is 2.46 bits per heavy atom. The molecule has 3 aromatic rings. The second-order valence-corrected chi connectivity index (χ2v) is 7.40. The van der Waals surface area contributed by atoms with Crippen LogP contribution in [0.5, 0.6) is 0 Å². The van der Waals surface area contributed by atoms with Crippen LogP contribution in [0.2, 0.25) is 0 Å². The average Bonchev–Trinajstić information content (AvgIpc) is 2.97. The van der Waals surface area contributed by atoms with Crippen LogP contribution in [0.3, 0.4) is 0 Å². The highest BCUT2D eigenvalue weighted by atomic mass is 15.3. The standard InChI is InChI=1S/C23H27N5/c1-18-19(2)25-22(21-11-6-7-12-24-21)26-23(18)28-14-8-13-27(15-16-28)17-20-9-4-3-5-10-20/h3-7,9-12H,8,13-17H2,1-2H3. The van der Waals surface area contributed by atoms with Gasteiger partial charge in [0.25, 0.3) is 0 Å². The molecule has 0 N–H and O–H groups in total. The van der Waals surface area contributed by atoms with Crippen molar-refractivity contribution in [3.63, 3.8) is 0 Å². The van der Waals surface area contributed by atoms with Gasteiger partial charge in [0.1, 0.15) is 11.5 Å². The minimum atomic E-state index is 0.712. The minimum Gasteiger partial charge on any atom is -0.355 e. The number of anilines is 1. The van der Waals surface area contributed by atoms with Gasteiger partial charge in [-0.1, -0.05) is 36.4 Å². The van der Waals surface area contributed by atoms with Gasteiger partial charge in [-0.2, -0.15) is 0 Å². The van der Waals surface area contributed by atoms with E-state index in [9.17, 15) is 0 Å². The molecule has 5 nitrogen and oxygen atoms in total. The molecule has 0 aliphatic carbocycles. The lowest BCUT2D eigenvalue weighted by Crippen LogP contribution is -2.31. The van der Waals surface area contributed by atoms with Gasteiger partial charge in [0.2, 0.25) is 0 Å². The summed E-state index contributed by atoms with van der Waals surface area (Å²) in [5.41, 5.74) is 4.39. The number of rotatable bonds is 4. The number of aryl methyl sites for hydroxylation is 1. The van der Waals surface area contributed by atoms with Crippen molar-refractivity contribution >= 4 is 5.82 Å². The Labute approximate surface area is 167 Å². The largest absolute Gasteiger partial charge is 0.355 e. The molecule has 0 bridgehead atoms. The smallest absolute Gasteiger partial charge is 0.180 e. The van der Waals surface area contributed by atoms with E-state index in [1.54, 1.807) is 6.20 Å². The third-order valence-electron chi connectivity index (χ3n) is 5.39. The summed E-state index contributed by atoms with van der Waals surface area (Å²) in [5.74, 6) is 1.76. The van der Waals surface area contributed by atoms with Gasteiger partial charge < -0.3 is 4.90 Å². The molecule has 1 aliphatic rings. The van der Waals surface area contributed by atoms with Crippen molar-refractivity contribution in [2.45, 2.75) is 26.8 Å². The van der Waals surface area contributed by atoms with Crippen LogP contribution in [0, 0.1) is 13.8 Å². The minimum absolute atomic E-state index is 0.712. The molecule has 1 aliphatic heterocycles. The fourth-order valence-corrected chi connectivity index (χ4v) is 3.71. The van der Waals surface area contributed by atoms with E-state index < -0.39 is 0 Å². The number of hydrogen-bond donors (Lipinski definition) is 0. The fourth-order valence-electron chi connectivity index (χ4n) is 3.71. The monoisotopic (exact) mass is 373 g/mol. The van der Waals surface area contributed by atoms with E-state index in [0.717, 1.165) is 61.9 Å². The normalized spacial score (nSPS) is 15.4. The van der Waals surface area contributed by atoms with Crippen LogP contribution in [0.4, 0.5) is 5.82 Å². The van der Waals surface area contributed by atoms with E-state index in [1.165, 1.54) is 5.56 Å². The lowest BCUT2D eigenvalue weighted by molar-refractivity contribution is 0.285. The Balaban J connectivity index is 1.53. The van der Waals surface area contributed by atoms with Gasteiger partial charge in [0, 0.05) is 50.2 Å². The van der Waals surface area contributed by atoms with Crippen molar-refractivity contribution in [2.75, 3.05) is 31.1 Å². The van der Waals surface area contributed by atoms with Crippen LogP contribution in [0.15, 0.2) is 54.7 Å². The second-order valence-electron chi connectivity index (χ2n) is 7.40. The van der Waals surface area contributed by atoms with Gasteiger partial charge in [-0.15, -0.1) is 0 Å². The summed E-state index contributed by atoms with van der Waals surface area (Å²) < 4.78 is 0. The summed E-state index contributed by atoms with van der Waals surface area (Å²) >= 11 is 0. The summed E-state index contributed by atoms with van der Waals surface area (Å²) in [6.45, 7) is 9.34. The maximum Gasteiger partial charge on any atom is 0.180 e. The Kier molecular flexibility index (Phi) is 5.63. The first kappa shape index (κ1) is 18.6. The van der Waals surface area contributed by atoms with Crippen LogP contribution in [-0.4, -0.2) is 46.0 Å². The van der Waals surface area contributed by atoms with Crippen LogP contribution < -0.4 is 4.90 Å². The molecule has 4 rings (SSSR count). The summed E-state index contributed by atoms with van der Waals surface area (Å²) in [6, 6.07) is 16.6. The zero-order valence-corrected chi connectivity index (χ0v) is 16.7. The molecule has 1 aromatic carbocycles. The molecular weight excluding hydrogens is 346 g/mol. The molecule has 0 unspecified atom stereocenters. The molecule has 0 spiro atoms. The van der Waals surface area contributed by atoms with Crippen molar-refractivity contribution in [1.82, 2.24) is 19.9 Å². The molecule has 1 fully saturated rings. The third-order valence-corrected chi connectivity index (χ3v) is 5.39. The van der Waals surface area contributed by atoms with Crippen molar-refractivity contribution in [3.05, 3.63) is 71.5 Å². The van der Waals surface area contributed by atoms with E-state index in [1.807, 2.05) is 18.2 Å². The molecule has 1 saturated heterocycles. The van der Waals surface area contributed by atoms with Gasteiger partial charge >= 0.3 is 0 Å². The van der Waals surface area contributed by atoms with E-state index in [0.29, 0.717) is 5.82 Å².